The first-order valence-corrected chi connectivity index (χ1v) is 21.2. The minimum absolute atomic E-state index is 0.0109. The SMILES string of the molecule is CC(C)C(N)C(=O)[C@]1(c2nc3ccc(-c4ccc5c(c4)C(F)(F)c4cc(-c6c[nH]c(C7CC8(CC8)CN7C(=O)C(NC(=O)O)C(C)C)n6)ccc4-5)cc3[nH]2)NC2CCC1C2. The number of hydrogen-bond donors (Lipinski definition) is 6. The number of carbonyl (C=O) groups is 3. The number of imidazole rings is 2. The van der Waals surface area contributed by atoms with Crippen molar-refractivity contribution in [2.24, 2.45) is 28.9 Å². The molecule has 14 heteroatoms. The molecule has 2 saturated carbocycles. The van der Waals surface area contributed by atoms with E-state index >= 15 is 8.78 Å². The van der Waals surface area contributed by atoms with Gasteiger partial charge in [-0.15, -0.1) is 0 Å². The van der Waals surface area contributed by atoms with E-state index in [0.717, 1.165) is 37.7 Å². The molecule has 5 unspecified atom stereocenters. The van der Waals surface area contributed by atoms with E-state index in [1.807, 2.05) is 38.1 Å². The average molecular weight is 817 g/mol. The Bertz CT molecular complexity index is 2590. The summed E-state index contributed by atoms with van der Waals surface area (Å²) in [6.45, 7) is 8.04. The van der Waals surface area contributed by atoms with E-state index in [4.69, 9.17) is 15.7 Å². The van der Waals surface area contributed by atoms with E-state index in [0.29, 0.717) is 63.6 Å². The summed E-state index contributed by atoms with van der Waals surface area (Å²) in [6, 6.07) is 14.1. The third-order valence-corrected chi connectivity index (χ3v) is 14.3. The van der Waals surface area contributed by atoms with Gasteiger partial charge < -0.3 is 31.0 Å². The summed E-state index contributed by atoms with van der Waals surface area (Å²) < 4.78 is 33.2. The van der Waals surface area contributed by atoms with Crippen LogP contribution in [0.15, 0.2) is 60.8 Å². The van der Waals surface area contributed by atoms with Gasteiger partial charge in [0.15, 0.2) is 5.78 Å². The molecule has 6 atom stereocenters. The second kappa shape index (κ2) is 13.5. The molecule has 2 saturated heterocycles. The highest BCUT2D eigenvalue weighted by molar-refractivity contribution is 5.95. The van der Waals surface area contributed by atoms with Crippen LogP contribution in [0.25, 0.3) is 44.5 Å². The molecule has 312 valence electrons. The first-order chi connectivity index (χ1) is 28.6. The number of carbonyl (C=O) groups excluding carboxylic acids is 2. The molecule has 5 aliphatic rings. The maximum Gasteiger partial charge on any atom is 0.405 e. The van der Waals surface area contributed by atoms with E-state index in [1.165, 1.54) is 6.07 Å². The van der Waals surface area contributed by atoms with Crippen LogP contribution < -0.4 is 16.4 Å². The molecule has 60 heavy (non-hydrogen) atoms. The summed E-state index contributed by atoms with van der Waals surface area (Å²) in [5.41, 5.74) is 9.98. The minimum atomic E-state index is -3.29. The number of piperidine rings is 1. The van der Waals surface area contributed by atoms with Crippen LogP contribution in [-0.4, -0.2) is 72.4 Å². The summed E-state index contributed by atoms with van der Waals surface area (Å²) in [5.74, 6) is -2.71. The smallest absolute Gasteiger partial charge is 0.405 e. The predicted octanol–water partition coefficient (Wildman–Crippen LogP) is 7.61. The van der Waals surface area contributed by atoms with Crippen molar-refractivity contribution in [2.75, 3.05) is 6.54 Å². The van der Waals surface area contributed by atoms with E-state index in [2.05, 4.69) is 20.6 Å². The van der Waals surface area contributed by atoms with Gasteiger partial charge in [-0.25, -0.2) is 14.8 Å². The van der Waals surface area contributed by atoms with Gasteiger partial charge in [-0.3, -0.25) is 14.9 Å². The zero-order valence-corrected chi connectivity index (χ0v) is 34.1. The number of hydrogen-bond acceptors (Lipinski definition) is 7. The molecule has 2 aliphatic heterocycles. The topological polar surface area (TPSA) is 182 Å². The van der Waals surface area contributed by atoms with Gasteiger partial charge in [0.05, 0.1) is 28.8 Å². The van der Waals surface area contributed by atoms with Crippen LogP contribution in [0.5, 0.6) is 0 Å². The zero-order valence-electron chi connectivity index (χ0n) is 34.1. The van der Waals surface area contributed by atoms with Gasteiger partial charge in [-0.2, -0.15) is 8.78 Å². The Morgan fingerprint density at radius 3 is 2.23 bits per heavy atom. The highest BCUT2D eigenvalue weighted by Gasteiger charge is 2.59. The summed E-state index contributed by atoms with van der Waals surface area (Å²) in [7, 11) is 0. The van der Waals surface area contributed by atoms with E-state index < -0.39 is 35.7 Å². The number of rotatable bonds is 10. The third-order valence-electron chi connectivity index (χ3n) is 14.3. The van der Waals surface area contributed by atoms with Crippen LogP contribution in [0.1, 0.15) is 95.0 Å². The number of amides is 2. The van der Waals surface area contributed by atoms with Crippen LogP contribution in [-0.2, 0) is 21.1 Å². The van der Waals surface area contributed by atoms with E-state index in [1.54, 1.807) is 49.2 Å². The predicted molar refractivity (Wildman–Crippen MR) is 222 cm³/mol. The van der Waals surface area contributed by atoms with Gasteiger partial charge in [-0.1, -0.05) is 58.0 Å². The molecule has 1 spiro atoms. The van der Waals surface area contributed by atoms with Crippen molar-refractivity contribution in [3.05, 3.63) is 83.6 Å². The number of aromatic amines is 2. The van der Waals surface area contributed by atoms with Crippen molar-refractivity contribution < 1.29 is 28.3 Å². The number of carboxylic acid groups (broad SMARTS) is 1. The van der Waals surface area contributed by atoms with Crippen LogP contribution in [0.3, 0.4) is 0 Å². The molecular formula is C46H50F2N8O4. The number of Topliss-reactive ketones (excluding diaryl/α,β-unsaturated/α-hetero) is 1. The van der Waals surface area contributed by atoms with Gasteiger partial charge in [-0.05, 0) is 108 Å². The van der Waals surface area contributed by atoms with Crippen molar-refractivity contribution in [3.8, 4) is 33.5 Å². The summed E-state index contributed by atoms with van der Waals surface area (Å²) in [5, 5.41) is 15.4. The number of benzene rings is 3. The van der Waals surface area contributed by atoms with Crippen LogP contribution >= 0.6 is 0 Å². The number of halogens is 2. The number of ketones is 1. The Labute approximate surface area is 346 Å². The maximum atomic E-state index is 16.6. The molecule has 5 aromatic rings. The first-order valence-electron chi connectivity index (χ1n) is 21.2. The molecule has 2 amide bonds. The molecule has 2 aromatic heterocycles. The third kappa shape index (κ3) is 5.92. The van der Waals surface area contributed by atoms with E-state index in [-0.39, 0.29) is 52.0 Å². The lowest BCUT2D eigenvalue weighted by Gasteiger charge is -2.38. The largest absolute Gasteiger partial charge is 0.465 e. The van der Waals surface area contributed by atoms with Crippen molar-refractivity contribution in [1.29, 1.82) is 0 Å². The van der Waals surface area contributed by atoms with Crippen molar-refractivity contribution in [1.82, 2.24) is 35.5 Å². The Balaban J connectivity index is 0.926. The fourth-order valence-electron chi connectivity index (χ4n) is 10.7. The van der Waals surface area contributed by atoms with Crippen molar-refractivity contribution in [3.63, 3.8) is 0 Å². The van der Waals surface area contributed by atoms with E-state index in [9.17, 15) is 19.5 Å². The normalized spacial score (nSPS) is 25.3. The number of alkyl halides is 2. The van der Waals surface area contributed by atoms with Gasteiger partial charge >= 0.3 is 6.09 Å². The Hall–Kier alpha value is -5.47. The number of nitrogens with one attached hydrogen (secondary N) is 4. The van der Waals surface area contributed by atoms with Gasteiger partial charge in [0.25, 0.3) is 5.92 Å². The molecule has 4 heterocycles. The number of fused-ring (bicyclic) bond motifs is 6. The number of aromatic nitrogens is 4. The number of nitrogens with two attached hydrogens (primary N) is 1. The molecule has 2 bridgehead atoms. The molecule has 4 fully saturated rings. The van der Waals surface area contributed by atoms with Crippen LogP contribution in [0, 0.1) is 23.2 Å². The number of nitrogens with zero attached hydrogens (tertiary/aromatic N) is 3. The van der Waals surface area contributed by atoms with Crippen LogP contribution in [0.2, 0.25) is 0 Å². The fraction of sp³-hybridized carbons (Fsp3) is 0.457. The summed E-state index contributed by atoms with van der Waals surface area (Å²) in [4.78, 5) is 57.6. The summed E-state index contributed by atoms with van der Waals surface area (Å²) >= 11 is 0. The second-order valence-electron chi connectivity index (χ2n) is 18.7. The first kappa shape index (κ1) is 38.7. The minimum Gasteiger partial charge on any atom is -0.465 e. The highest BCUT2D eigenvalue weighted by atomic mass is 19.3. The lowest BCUT2D eigenvalue weighted by molar-refractivity contribution is -0.135. The Morgan fingerprint density at radius 2 is 1.60 bits per heavy atom. The average Bonchev–Trinajstić information content (AvgIpc) is 3.88. The quantitative estimate of drug-likeness (QED) is 0.0833. The molecule has 12 nitrogen and oxygen atoms in total. The monoisotopic (exact) mass is 816 g/mol. The second-order valence-corrected chi connectivity index (χ2v) is 18.7. The van der Waals surface area contributed by atoms with Gasteiger partial charge in [0, 0.05) is 35.5 Å². The Kier molecular flexibility index (Phi) is 8.72. The standard InChI is InChI=1S/C46H50F2N8O4/c1-22(2)37(49)39(57)45(27-8-9-28(18-27)55-45)42-52-33-12-7-25(17-34(33)53-42)24-5-10-29-30-11-6-26(16-32(30)46(47,48)31(29)15-24)35-20-50-40(51-35)36-19-44(13-14-44)21-56(36)41(58)38(23(3)4)54-43(59)60/h5-7,10-12,15-17,20,22-23,27-28,36-38,54-55H,8-9,13-14,18-19,21,49H2,1-4H3,(H,50,51)(H,52,53)(H,59,60)/t27?,28?,36?,37?,38?,45-/m1/s1. The molecule has 3 aliphatic carbocycles. The Morgan fingerprint density at radius 1 is 0.917 bits per heavy atom. The van der Waals surface area contributed by atoms with Crippen LogP contribution in [0.4, 0.5) is 13.6 Å². The summed E-state index contributed by atoms with van der Waals surface area (Å²) in [6.07, 6.45) is 5.92. The molecule has 3 aromatic carbocycles. The van der Waals surface area contributed by atoms with Gasteiger partial charge in [0.1, 0.15) is 23.2 Å². The highest BCUT2D eigenvalue weighted by Crippen LogP contribution is 2.59. The lowest BCUT2D eigenvalue weighted by atomic mass is 9.75. The molecule has 10 rings (SSSR count). The number of likely N-dealkylation sites (tertiary alicyclic amines) is 1. The zero-order chi connectivity index (χ0) is 42.0. The maximum absolute atomic E-state index is 16.6. The van der Waals surface area contributed by atoms with Crippen molar-refractivity contribution >= 4 is 28.8 Å². The van der Waals surface area contributed by atoms with Gasteiger partial charge in [0.2, 0.25) is 5.91 Å². The molecule has 0 radical (unpaired) electrons. The molecule has 7 N–H and O–H groups in total. The lowest BCUT2D eigenvalue weighted by Crippen LogP contribution is -2.59. The van der Waals surface area contributed by atoms with Crippen molar-refractivity contribution in [2.45, 2.75) is 102 Å². The fourth-order valence-corrected chi connectivity index (χ4v) is 10.7. The number of H-pyrrole nitrogens is 2. The molecular weight excluding hydrogens is 767 g/mol.